The Morgan fingerprint density at radius 2 is 1.72 bits per heavy atom. The lowest BCUT2D eigenvalue weighted by Crippen LogP contribution is -2.44. The largest absolute Gasteiger partial charge is 0.480 e. The highest BCUT2D eigenvalue weighted by atomic mass is 16.7. The van der Waals surface area contributed by atoms with Crippen LogP contribution in [0.2, 0.25) is 0 Å². The number of aliphatic carboxylic acids is 1. The van der Waals surface area contributed by atoms with Crippen molar-refractivity contribution < 1.29 is 14.7 Å². The number of hydroxylamine groups is 1. The minimum Gasteiger partial charge on any atom is -0.480 e. The summed E-state index contributed by atoms with van der Waals surface area (Å²) in [5.41, 5.74) is 6.86. The molecule has 0 spiro atoms. The van der Waals surface area contributed by atoms with E-state index in [0.29, 0.717) is 5.92 Å². The summed E-state index contributed by atoms with van der Waals surface area (Å²) in [6, 6.07) is 19.4. The van der Waals surface area contributed by atoms with Crippen LogP contribution in [0.15, 0.2) is 59.7 Å². The number of carboxylic acid groups (broad SMARTS) is 1. The topological polar surface area (TPSA) is 80.6 Å². The highest BCUT2D eigenvalue weighted by Gasteiger charge is 2.30. The normalized spacial score (nSPS) is 24.0. The number of benzene rings is 2. The molecule has 0 saturated carbocycles. The van der Waals surface area contributed by atoms with Gasteiger partial charge in [-0.15, -0.1) is 0 Å². The monoisotopic (exact) mass is 491 g/mol. The Balaban J connectivity index is 1.05. The van der Waals surface area contributed by atoms with Gasteiger partial charge in [-0.05, 0) is 68.0 Å². The molecule has 2 aromatic carbocycles. The second-order valence-electron chi connectivity index (χ2n) is 10.2. The summed E-state index contributed by atoms with van der Waals surface area (Å²) in [6.45, 7) is 5.70. The molecular formula is C28H37N5O3. The molecule has 2 unspecified atom stereocenters. The summed E-state index contributed by atoms with van der Waals surface area (Å²) >= 11 is 0. The molecule has 0 bridgehead atoms. The molecule has 0 amide bonds. The van der Waals surface area contributed by atoms with Crippen molar-refractivity contribution >= 4 is 17.9 Å². The van der Waals surface area contributed by atoms with Crippen LogP contribution in [-0.2, 0) is 9.63 Å². The lowest BCUT2D eigenvalue weighted by molar-refractivity contribution is -0.138. The molecule has 36 heavy (non-hydrogen) atoms. The average Bonchev–Trinajstić information content (AvgIpc) is 3.38. The predicted octanol–water partition coefficient (Wildman–Crippen LogP) is 3.36. The maximum atomic E-state index is 10.9. The van der Waals surface area contributed by atoms with E-state index in [1.54, 1.807) is 0 Å². The van der Waals surface area contributed by atoms with Crippen LogP contribution in [-0.4, -0.2) is 79.1 Å². The number of hydrogen-bond donors (Lipinski definition) is 2. The van der Waals surface area contributed by atoms with Crippen molar-refractivity contribution in [3.63, 3.8) is 0 Å². The van der Waals surface area contributed by atoms with E-state index >= 15 is 0 Å². The first-order valence-corrected chi connectivity index (χ1v) is 13.2. The maximum Gasteiger partial charge on any atom is 0.317 e. The van der Waals surface area contributed by atoms with Crippen LogP contribution in [0.5, 0.6) is 0 Å². The quantitative estimate of drug-likeness (QED) is 0.548. The summed E-state index contributed by atoms with van der Waals surface area (Å²) in [5.74, 6) is -0.132. The summed E-state index contributed by atoms with van der Waals surface area (Å²) in [4.78, 5) is 21.3. The molecule has 192 valence electrons. The average molecular weight is 492 g/mol. The Morgan fingerprint density at radius 1 is 1.00 bits per heavy atom. The standard InChI is InChI=1S/C28H37N5O3/c34-28(35)21-31-12-10-22(11-13-31)18-26-19-27(30-36-26)24-8-6-23(7-9-24)20-29-33-16-14-32(15-17-33)25-4-2-1-3-5-25/h1-9,20,22,26-27,30H,10-19,21H2,(H,34,35). The lowest BCUT2D eigenvalue weighted by atomic mass is 9.89. The molecule has 8 nitrogen and oxygen atoms in total. The van der Waals surface area contributed by atoms with Crippen molar-refractivity contribution in [1.82, 2.24) is 15.4 Å². The van der Waals surface area contributed by atoms with Crippen molar-refractivity contribution in [2.45, 2.75) is 37.8 Å². The van der Waals surface area contributed by atoms with Crippen LogP contribution < -0.4 is 10.4 Å². The molecule has 3 saturated heterocycles. The van der Waals surface area contributed by atoms with Gasteiger partial charge in [0.1, 0.15) is 0 Å². The van der Waals surface area contributed by atoms with E-state index in [9.17, 15) is 4.79 Å². The fourth-order valence-electron chi connectivity index (χ4n) is 5.50. The number of rotatable bonds is 8. The van der Waals surface area contributed by atoms with Crippen LogP contribution in [0.1, 0.15) is 42.9 Å². The van der Waals surface area contributed by atoms with Gasteiger partial charge in [-0.25, -0.2) is 0 Å². The van der Waals surface area contributed by atoms with E-state index in [0.717, 1.165) is 70.5 Å². The second-order valence-corrected chi connectivity index (χ2v) is 10.2. The number of para-hydroxylation sites is 1. The molecule has 3 aliphatic heterocycles. The van der Waals surface area contributed by atoms with Crippen LogP contribution in [0.4, 0.5) is 5.69 Å². The van der Waals surface area contributed by atoms with Crippen LogP contribution in [0.3, 0.4) is 0 Å². The number of piperazine rings is 1. The van der Waals surface area contributed by atoms with Gasteiger partial charge in [-0.3, -0.25) is 19.5 Å². The molecule has 2 aromatic rings. The Bertz CT molecular complexity index is 1000. The van der Waals surface area contributed by atoms with E-state index in [4.69, 9.17) is 15.0 Å². The van der Waals surface area contributed by atoms with Gasteiger partial charge in [0.2, 0.25) is 0 Å². The first-order chi connectivity index (χ1) is 17.6. The van der Waals surface area contributed by atoms with Gasteiger partial charge in [0.15, 0.2) is 0 Å². The third kappa shape index (κ3) is 6.63. The minimum absolute atomic E-state index is 0.155. The summed E-state index contributed by atoms with van der Waals surface area (Å²) in [7, 11) is 0. The van der Waals surface area contributed by atoms with Crippen LogP contribution in [0, 0.1) is 5.92 Å². The van der Waals surface area contributed by atoms with Gasteiger partial charge >= 0.3 is 5.97 Å². The number of hydrogen-bond acceptors (Lipinski definition) is 7. The van der Waals surface area contributed by atoms with Gasteiger partial charge in [0, 0.05) is 18.8 Å². The van der Waals surface area contributed by atoms with Crippen molar-refractivity contribution in [2.75, 3.05) is 50.7 Å². The van der Waals surface area contributed by atoms with Crippen molar-refractivity contribution in [3.05, 3.63) is 65.7 Å². The Kier molecular flexibility index (Phi) is 8.15. The molecular weight excluding hydrogens is 454 g/mol. The van der Waals surface area contributed by atoms with E-state index in [-0.39, 0.29) is 18.7 Å². The zero-order valence-corrected chi connectivity index (χ0v) is 20.8. The van der Waals surface area contributed by atoms with Crippen LogP contribution >= 0.6 is 0 Å². The molecule has 0 aliphatic carbocycles. The Hall–Kier alpha value is -2.94. The SMILES string of the molecule is O=C(O)CN1CCC(CC2CC(c3ccc(C=NN4CCN(c5ccccc5)CC4)cc3)NO2)CC1. The van der Waals surface area contributed by atoms with Gasteiger partial charge in [0.05, 0.1) is 38.0 Å². The highest BCUT2D eigenvalue weighted by molar-refractivity contribution is 5.79. The molecule has 2 N–H and O–H groups in total. The molecule has 3 heterocycles. The number of nitrogens with one attached hydrogen (secondary N) is 1. The van der Waals surface area contributed by atoms with Gasteiger partial charge in [0.25, 0.3) is 0 Å². The zero-order valence-electron chi connectivity index (χ0n) is 20.8. The Morgan fingerprint density at radius 3 is 2.42 bits per heavy atom. The summed E-state index contributed by atoms with van der Waals surface area (Å²) < 4.78 is 0. The molecule has 3 aliphatic rings. The number of carboxylic acids is 1. The van der Waals surface area contributed by atoms with E-state index in [1.807, 2.05) is 11.1 Å². The van der Waals surface area contributed by atoms with Gasteiger partial charge < -0.3 is 10.0 Å². The second kappa shape index (κ2) is 11.9. The van der Waals surface area contributed by atoms with Crippen LogP contribution in [0.25, 0.3) is 0 Å². The number of hydrazone groups is 1. The summed E-state index contributed by atoms with van der Waals surface area (Å²) in [6.07, 6.45) is 6.27. The number of likely N-dealkylation sites (tertiary alicyclic amines) is 1. The van der Waals surface area contributed by atoms with Crippen molar-refractivity contribution in [2.24, 2.45) is 11.0 Å². The highest BCUT2D eigenvalue weighted by Crippen LogP contribution is 2.31. The molecule has 0 aromatic heterocycles. The lowest BCUT2D eigenvalue weighted by Gasteiger charge is -2.34. The predicted molar refractivity (Wildman–Crippen MR) is 141 cm³/mol. The maximum absolute atomic E-state index is 10.9. The Labute approximate surface area is 213 Å². The third-order valence-electron chi connectivity index (χ3n) is 7.62. The first-order valence-electron chi connectivity index (χ1n) is 13.2. The van der Waals surface area contributed by atoms with Gasteiger partial charge in [-0.2, -0.15) is 10.6 Å². The number of nitrogens with zero attached hydrogens (tertiary/aromatic N) is 4. The molecule has 8 heteroatoms. The third-order valence-corrected chi connectivity index (χ3v) is 7.62. The van der Waals surface area contributed by atoms with E-state index in [1.165, 1.54) is 11.3 Å². The summed E-state index contributed by atoms with van der Waals surface area (Å²) in [5, 5.41) is 15.8. The molecule has 5 rings (SSSR count). The fraction of sp³-hybridized carbons (Fsp3) is 0.500. The molecule has 3 fully saturated rings. The number of anilines is 1. The molecule has 2 atom stereocenters. The van der Waals surface area contributed by atoms with E-state index in [2.05, 4.69) is 70.0 Å². The van der Waals surface area contributed by atoms with Crippen molar-refractivity contribution in [1.29, 1.82) is 0 Å². The van der Waals surface area contributed by atoms with Gasteiger partial charge in [-0.1, -0.05) is 42.5 Å². The van der Waals surface area contributed by atoms with Crippen molar-refractivity contribution in [3.8, 4) is 0 Å². The first kappa shape index (κ1) is 24.7. The minimum atomic E-state index is -0.737. The number of piperidine rings is 1. The zero-order chi connectivity index (χ0) is 24.7. The molecule has 0 radical (unpaired) electrons. The smallest absolute Gasteiger partial charge is 0.317 e. The van der Waals surface area contributed by atoms with E-state index < -0.39 is 5.97 Å². The fourth-order valence-corrected chi connectivity index (χ4v) is 5.50. The number of carbonyl (C=O) groups is 1.